The maximum absolute atomic E-state index is 5.79. The minimum atomic E-state index is 0.519. The van der Waals surface area contributed by atoms with Gasteiger partial charge in [0, 0.05) is 15.5 Å². The standard InChI is InChI=1S/C10H7Cl2NS/c11-6-9-5-10(13-14-9)7-1-3-8(12)4-2-7/h1-5H,6H2. The largest absolute Gasteiger partial charge is 0.192 e. The summed E-state index contributed by atoms with van der Waals surface area (Å²) in [6.07, 6.45) is 0. The van der Waals surface area contributed by atoms with Crippen molar-refractivity contribution in [1.29, 1.82) is 0 Å². The molecule has 4 heteroatoms. The van der Waals surface area contributed by atoms with Gasteiger partial charge in [-0.25, -0.2) is 0 Å². The van der Waals surface area contributed by atoms with Gasteiger partial charge in [-0.3, -0.25) is 0 Å². The molecular formula is C10H7Cl2NS. The molecular weight excluding hydrogens is 237 g/mol. The molecule has 2 rings (SSSR count). The van der Waals surface area contributed by atoms with Crippen molar-refractivity contribution in [3.05, 3.63) is 40.2 Å². The van der Waals surface area contributed by atoms with Gasteiger partial charge >= 0.3 is 0 Å². The Morgan fingerprint density at radius 1 is 1.21 bits per heavy atom. The van der Waals surface area contributed by atoms with Gasteiger partial charge in [0.05, 0.1) is 11.6 Å². The molecule has 0 aliphatic rings. The number of rotatable bonds is 2. The molecule has 72 valence electrons. The number of aromatic nitrogens is 1. The highest BCUT2D eigenvalue weighted by molar-refractivity contribution is 7.06. The SMILES string of the molecule is ClCc1cc(-c2ccc(Cl)cc2)ns1. The molecule has 0 atom stereocenters. The van der Waals surface area contributed by atoms with Gasteiger partial charge < -0.3 is 0 Å². The van der Waals surface area contributed by atoms with Crippen LogP contribution in [0, 0.1) is 0 Å². The first-order chi connectivity index (χ1) is 6.79. The molecule has 0 fully saturated rings. The predicted molar refractivity (Wildman–Crippen MR) is 62.1 cm³/mol. The molecule has 0 unspecified atom stereocenters. The van der Waals surface area contributed by atoms with Gasteiger partial charge in [0.15, 0.2) is 0 Å². The van der Waals surface area contributed by atoms with Crippen LogP contribution in [0.3, 0.4) is 0 Å². The first kappa shape index (κ1) is 9.97. The molecule has 0 spiro atoms. The predicted octanol–water partition coefficient (Wildman–Crippen LogP) is 4.20. The van der Waals surface area contributed by atoms with Gasteiger partial charge in [0.2, 0.25) is 0 Å². The van der Waals surface area contributed by atoms with Crippen LogP contribution in [0.15, 0.2) is 30.3 Å². The summed E-state index contributed by atoms with van der Waals surface area (Å²) in [5, 5.41) is 0.738. The third-order valence-electron chi connectivity index (χ3n) is 1.83. The molecule has 1 nitrogen and oxygen atoms in total. The van der Waals surface area contributed by atoms with Crippen LogP contribution in [-0.2, 0) is 5.88 Å². The molecule has 2 aromatic rings. The number of nitrogens with zero attached hydrogens (tertiary/aromatic N) is 1. The third kappa shape index (κ3) is 2.08. The van der Waals surface area contributed by atoms with Crippen molar-refractivity contribution in [2.24, 2.45) is 0 Å². The van der Waals surface area contributed by atoms with Crippen LogP contribution >= 0.6 is 34.7 Å². The van der Waals surface area contributed by atoms with Crippen LogP contribution in [0.1, 0.15) is 4.88 Å². The van der Waals surface area contributed by atoms with Gasteiger partial charge in [-0.15, -0.1) is 11.6 Å². The lowest BCUT2D eigenvalue weighted by atomic mass is 10.1. The molecule has 1 heterocycles. The summed E-state index contributed by atoms with van der Waals surface area (Å²) in [5.74, 6) is 0.519. The lowest BCUT2D eigenvalue weighted by Crippen LogP contribution is -1.74. The van der Waals surface area contributed by atoms with Gasteiger partial charge in [0.1, 0.15) is 0 Å². The minimum Gasteiger partial charge on any atom is -0.192 e. The van der Waals surface area contributed by atoms with Crippen LogP contribution in [0.25, 0.3) is 11.3 Å². The summed E-state index contributed by atoms with van der Waals surface area (Å²) in [6.45, 7) is 0. The zero-order valence-corrected chi connectivity index (χ0v) is 9.53. The second kappa shape index (κ2) is 4.30. The van der Waals surface area contributed by atoms with Crippen LogP contribution in [0.2, 0.25) is 5.02 Å². The Morgan fingerprint density at radius 3 is 2.50 bits per heavy atom. The Labute approximate surface area is 96.5 Å². The van der Waals surface area contributed by atoms with E-state index in [1.165, 1.54) is 11.5 Å². The fourth-order valence-electron chi connectivity index (χ4n) is 1.13. The van der Waals surface area contributed by atoms with Crippen LogP contribution < -0.4 is 0 Å². The molecule has 0 N–H and O–H groups in total. The van der Waals surface area contributed by atoms with Crippen molar-refractivity contribution in [1.82, 2.24) is 4.37 Å². The van der Waals surface area contributed by atoms with E-state index in [1.807, 2.05) is 30.3 Å². The number of hydrogen-bond acceptors (Lipinski definition) is 2. The lowest BCUT2D eigenvalue weighted by Gasteiger charge is -1.95. The van der Waals surface area contributed by atoms with E-state index in [4.69, 9.17) is 23.2 Å². The average Bonchev–Trinajstić information content (AvgIpc) is 2.67. The van der Waals surface area contributed by atoms with Gasteiger partial charge in [-0.05, 0) is 29.7 Å². The van der Waals surface area contributed by atoms with E-state index in [-0.39, 0.29) is 0 Å². The molecule has 0 bridgehead atoms. The average molecular weight is 244 g/mol. The number of benzene rings is 1. The molecule has 0 saturated carbocycles. The van der Waals surface area contributed by atoms with Gasteiger partial charge in [-0.1, -0.05) is 23.7 Å². The molecule has 0 aliphatic carbocycles. The first-order valence-electron chi connectivity index (χ1n) is 4.07. The normalized spacial score (nSPS) is 10.4. The Bertz CT molecular complexity index is 422. The summed E-state index contributed by atoms with van der Waals surface area (Å²) in [7, 11) is 0. The van der Waals surface area contributed by atoms with Crippen LogP contribution in [-0.4, -0.2) is 4.37 Å². The smallest absolute Gasteiger partial charge is 0.0843 e. The summed E-state index contributed by atoms with van der Waals surface area (Å²) in [4.78, 5) is 1.08. The van der Waals surface area contributed by atoms with Crippen molar-refractivity contribution < 1.29 is 0 Å². The van der Waals surface area contributed by atoms with E-state index < -0.39 is 0 Å². The van der Waals surface area contributed by atoms with E-state index in [0.717, 1.165) is 21.2 Å². The molecule has 0 aliphatic heterocycles. The number of hydrogen-bond donors (Lipinski definition) is 0. The quantitative estimate of drug-likeness (QED) is 0.721. The zero-order chi connectivity index (χ0) is 9.97. The summed E-state index contributed by atoms with van der Waals surface area (Å²) >= 11 is 12.9. The second-order valence-corrected chi connectivity index (χ2v) is 4.41. The van der Waals surface area contributed by atoms with Crippen molar-refractivity contribution in [2.75, 3.05) is 0 Å². The van der Waals surface area contributed by atoms with Crippen molar-refractivity contribution >= 4 is 34.7 Å². The molecule has 0 saturated heterocycles. The Hall–Kier alpha value is -0.570. The summed E-state index contributed by atoms with van der Waals surface area (Å²) < 4.78 is 4.30. The monoisotopic (exact) mass is 243 g/mol. The second-order valence-electron chi connectivity index (χ2n) is 2.82. The maximum atomic E-state index is 5.79. The Morgan fingerprint density at radius 2 is 1.93 bits per heavy atom. The van der Waals surface area contributed by atoms with E-state index in [1.54, 1.807) is 0 Å². The topological polar surface area (TPSA) is 12.9 Å². The van der Waals surface area contributed by atoms with Crippen LogP contribution in [0.5, 0.6) is 0 Å². The zero-order valence-electron chi connectivity index (χ0n) is 7.21. The minimum absolute atomic E-state index is 0.519. The van der Waals surface area contributed by atoms with E-state index in [2.05, 4.69) is 4.37 Å². The number of halogens is 2. The summed E-state index contributed by atoms with van der Waals surface area (Å²) in [5.41, 5.74) is 2.03. The molecule has 1 aromatic heterocycles. The van der Waals surface area contributed by atoms with Gasteiger partial charge in [-0.2, -0.15) is 4.37 Å². The van der Waals surface area contributed by atoms with E-state index in [9.17, 15) is 0 Å². The summed E-state index contributed by atoms with van der Waals surface area (Å²) in [6, 6.07) is 9.62. The fraction of sp³-hybridized carbons (Fsp3) is 0.100. The van der Waals surface area contributed by atoms with Gasteiger partial charge in [0.25, 0.3) is 0 Å². The molecule has 1 aromatic carbocycles. The third-order valence-corrected chi connectivity index (χ3v) is 3.31. The highest BCUT2D eigenvalue weighted by atomic mass is 35.5. The lowest BCUT2D eigenvalue weighted by molar-refractivity contribution is 1.49. The highest BCUT2D eigenvalue weighted by Gasteiger charge is 2.03. The van der Waals surface area contributed by atoms with Crippen molar-refractivity contribution in [3.63, 3.8) is 0 Å². The van der Waals surface area contributed by atoms with E-state index in [0.29, 0.717) is 5.88 Å². The number of alkyl halides is 1. The molecule has 14 heavy (non-hydrogen) atoms. The van der Waals surface area contributed by atoms with Crippen molar-refractivity contribution in [2.45, 2.75) is 5.88 Å². The molecule has 0 radical (unpaired) electrons. The highest BCUT2D eigenvalue weighted by Crippen LogP contribution is 2.24. The van der Waals surface area contributed by atoms with Crippen LogP contribution in [0.4, 0.5) is 0 Å². The van der Waals surface area contributed by atoms with Crippen molar-refractivity contribution in [3.8, 4) is 11.3 Å². The molecule has 0 amide bonds. The Balaban J connectivity index is 2.34. The maximum Gasteiger partial charge on any atom is 0.0843 e. The first-order valence-corrected chi connectivity index (χ1v) is 5.75. The van der Waals surface area contributed by atoms with E-state index >= 15 is 0 Å². The Kier molecular flexibility index (Phi) is 3.06. The fourth-order valence-corrected chi connectivity index (χ4v) is 2.07.